The molecule has 0 N–H and O–H groups in total. The molecule has 0 saturated heterocycles. The number of rotatable bonds is 4. The fraction of sp³-hybridized carbons (Fsp3) is 0.302. The van der Waals surface area contributed by atoms with E-state index in [0.717, 1.165) is 0 Å². The molecule has 0 atom stereocenters. The molecule has 246 valence electrons. The summed E-state index contributed by atoms with van der Waals surface area (Å²) in [6, 6.07) is 40.4. The molecule has 0 unspecified atom stereocenters. The summed E-state index contributed by atoms with van der Waals surface area (Å²) < 4.78 is 0. The summed E-state index contributed by atoms with van der Waals surface area (Å²) in [5.74, 6) is 1.16. The van der Waals surface area contributed by atoms with E-state index in [-0.39, 0.29) is 35.7 Å². The van der Waals surface area contributed by atoms with Crippen LogP contribution in [0.25, 0.3) is 43.8 Å². The molecule has 0 aliphatic heterocycles. The molecule has 0 radical (unpaired) electrons. The van der Waals surface area contributed by atoms with E-state index in [2.05, 4.69) is 178 Å². The van der Waals surface area contributed by atoms with E-state index in [1.54, 1.807) is 23.3 Å². The number of halogens is 2. The monoisotopic (exact) mass is 754 g/mol. The Bertz CT molecular complexity index is 1860. The average Bonchev–Trinajstić information content (AvgIpc) is 3.60. The first-order chi connectivity index (χ1) is 21.2. The Morgan fingerprint density at radius 1 is 0.617 bits per heavy atom. The molecular formula is C43H50Cl2SiZr-2. The number of hydrogen-bond acceptors (Lipinski definition) is 0. The Hall–Kier alpha value is -2.22. The third-order valence-electron chi connectivity index (χ3n) is 8.29. The number of aryl methyl sites for hydroxylation is 1. The Balaban J connectivity index is 0.000000285. The molecule has 0 heterocycles. The second-order valence-electron chi connectivity index (χ2n) is 14.2. The van der Waals surface area contributed by atoms with Crippen molar-refractivity contribution in [2.24, 2.45) is 0 Å². The first kappa shape index (κ1) is 41.0. The Labute approximate surface area is 312 Å². The summed E-state index contributed by atoms with van der Waals surface area (Å²) in [4.78, 5) is 0. The van der Waals surface area contributed by atoms with Crippen LogP contribution in [0.5, 0.6) is 0 Å². The van der Waals surface area contributed by atoms with Crippen LogP contribution in [-0.4, -0.2) is 5.43 Å². The van der Waals surface area contributed by atoms with E-state index in [9.17, 15) is 0 Å². The van der Waals surface area contributed by atoms with Gasteiger partial charge in [-0.15, -0.1) is 69.1 Å². The predicted octanol–water partition coefficient (Wildman–Crippen LogP) is 7.10. The van der Waals surface area contributed by atoms with Crippen molar-refractivity contribution >= 4 is 27.0 Å². The molecule has 0 bridgehead atoms. The second kappa shape index (κ2) is 18.0. The molecule has 0 nitrogen and oxygen atoms in total. The van der Waals surface area contributed by atoms with Crippen LogP contribution in [0, 0.1) is 6.92 Å². The molecule has 0 fully saturated rings. The Kier molecular flexibility index (Phi) is 15.7. The van der Waals surface area contributed by atoms with Crippen molar-refractivity contribution in [1.29, 1.82) is 0 Å². The van der Waals surface area contributed by atoms with Gasteiger partial charge >= 0.3 is 41.9 Å². The fourth-order valence-electron chi connectivity index (χ4n) is 5.68. The maximum atomic E-state index is 2.35. The van der Waals surface area contributed by atoms with Gasteiger partial charge in [-0.2, -0.15) is 12.1 Å². The molecule has 0 spiro atoms. The van der Waals surface area contributed by atoms with Crippen LogP contribution in [-0.2, 0) is 28.8 Å². The topological polar surface area (TPSA) is 0 Å². The molecule has 6 rings (SSSR count). The quantitative estimate of drug-likeness (QED) is 0.133. The third kappa shape index (κ3) is 10.9. The van der Waals surface area contributed by atoms with Gasteiger partial charge in [-0.3, -0.25) is 0 Å². The summed E-state index contributed by atoms with van der Waals surface area (Å²) in [6.07, 6.45) is 0. The van der Waals surface area contributed by atoms with Crippen LogP contribution >= 0.6 is 0 Å². The first-order valence-electron chi connectivity index (χ1n) is 16.3. The SMILES string of the molecule is CC(C)c1cc2c(-c3ccc(C(C)(C)C)cc3)cccc2[cH-]1.C[Si](C)=[Zr+2].Cc1cc2c(-c3ccc(C(C)C)cc3)cccc2[cH-]1.[Cl-].[Cl-]. The van der Waals surface area contributed by atoms with Gasteiger partial charge < -0.3 is 24.8 Å². The molecule has 0 aliphatic carbocycles. The number of benzene rings is 4. The van der Waals surface area contributed by atoms with Gasteiger partial charge in [-0.1, -0.05) is 127 Å². The van der Waals surface area contributed by atoms with E-state index in [4.69, 9.17) is 0 Å². The van der Waals surface area contributed by atoms with Crippen LogP contribution in [0.3, 0.4) is 0 Å². The van der Waals surface area contributed by atoms with Gasteiger partial charge in [-0.25, -0.2) is 0 Å². The number of hydrogen-bond donors (Lipinski definition) is 0. The standard InChI is InChI=1S/C22H25.C19H19.C2H6Si.2ClH.Zr/c1-15(2)18-13-17-7-6-8-20(21(17)14-18)16-9-11-19(12-10-16)22(3,4)5;1-13(2)15-7-9-16(10-8-15)18-6-4-5-17-11-14(3)12-19(17)18;1-3-2;;;/h6-15H,1-5H3;4-13H,1-3H3;1-2H3;2*1H;/q2*-1;;;;+2/p-2. The minimum Gasteiger partial charge on any atom is -1.00 e. The molecule has 47 heavy (non-hydrogen) atoms. The van der Waals surface area contributed by atoms with Crippen molar-refractivity contribution in [3.8, 4) is 22.3 Å². The summed E-state index contributed by atoms with van der Waals surface area (Å²) in [5.41, 5.74) is 11.2. The van der Waals surface area contributed by atoms with Crippen LogP contribution in [0.2, 0.25) is 13.1 Å². The van der Waals surface area contributed by atoms with E-state index in [0.29, 0.717) is 11.8 Å². The maximum absolute atomic E-state index is 2.35. The van der Waals surface area contributed by atoms with E-state index in [1.807, 2.05) is 0 Å². The molecule has 6 aromatic carbocycles. The second-order valence-corrected chi connectivity index (χ2v) is 23.6. The third-order valence-corrected chi connectivity index (χ3v) is 8.29. The predicted molar refractivity (Wildman–Crippen MR) is 199 cm³/mol. The zero-order valence-electron chi connectivity index (χ0n) is 29.8. The maximum Gasteiger partial charge on any atom is -0.0219 e. The van der Waals surface area contributed by atoms with Gasteiger partial charge in [0.05, 0.1) is 0 Å². The van der Waals surface area contributed by atoms with Gasteiger partial charge in [0, 0.05) is 0 Å². The van der Waals surface area contributed by atoms with Gasteiger partial charge in [0.1, 0.15) is 0 Å². The van der Waals surface area contributed by atoms with Gasteiger partial charge in [0.25, 0.3) is 0 Å². The minimum atomic E-state index is 0. The van der Waals surface area contributed by atoms with Crippen molar-refractivity contribution in [2.75, 3.05) is 0 Å². The summed E-state index contributed by atoms with van der Waals surface area (Å²) in [5, 5.41) is 5.41. The minimum absolute atomic E-state index is 0. The van der Waals surface area contributed by atoms with E-state index >= 15 is 0 Å². The first-order valence-corrected chi connectivity index (χ1v) is 22.5. The van der Waals surface area contributed by atoms with Crippen molar-refractivity contribution in [3.05, 3.63) is 131 Å². The number of fused-ring (bicyclic) bond motifs is 2. The van der Waals surface area contributed by atoms with Crippen molar-refractivity contribution < 1.29 is 48.1 Å². The van der Waals surface area contributed by atoms with Crippen LogP contribution in [0.15, 0.2) is 109 Å². The fourth-order valence-corrected chi connectivity index (χ4v) is 5.68. The van der Waals surface area contributed by atoms with Crippen molar-refractivity contribution in [1.82, 2.24) is 0 Å². The molecular weight excluding hydrogens is 707 g/mol. The molecule has 0 amide bonds. The smallest absolute Gasteiger partial charge is 0.0219 e. The Morgan fingerprint density at radius 3 is 1.51 bits per heavy atom. The van der Waals surface area contributed by atoms with Crippen LogP contribution in [0.1, 0.15) is 82.6 Å². The van der Waals surface area contributed by atoms with Gasteiger partial charge in [0.15, 0.2) is 0 Å². The summed E-state index contributed by atoms with van der Waals surface area (Å²) >= 11 is 1.74. The zero-order valence-corrected chi connectivity index (χ0v) is 34.8. The zero-order chi connectivity index (χ0) is 32.9. The van der Waals surface area contributed by atoms with E-state index in [1.165, 1.54) is 66.1 Å². The normalized spacial score (nSPS) is 10.9. The average molecular weight is 757 g/mol. The van der Waals surface area contributed by atoms with Crippen molar-refractivity contribution in [3.63, 3.8) is 0 Å². The summed E-state index contributed by atoms with van der Waals surface area (Å²) in [7, 11) is 0. The van der Waals surface area contributed by atoms with Gasteiger partial charge in [-0.05, 0) is 39.5 Å². The van der Waals surface area contributed by atoms with Crippen LogP contribution in [0.4, 0.5) is 0 Å². The Morgan fingerprint density at radius 2 is 1.06 bits per heavy atom. The molecule has 0 aromatic heterocycles. The molecule has 4 heteroatoms. The molecule has 0 aliphatic rings. The molecule has 0 saturated carbocycles. The van der Waals surface area contributed by atoms with Crippen LogP contribution < -0.4 is 24.8 Å². The van der Waals surface area contributed by atoms with E-state index < -0.39 is 0 Å². The summed E-state index contributed by atoms with van der Waals surface area (Å²) in [6.45, 7) is 22.5. The largest absolute Gasteiger partial charge is 1.00 e. The molecule has 6 aromatic rings. The van der Waals surface area contributed by atoms with Crippen molar-refractivity contribution in [2.45, 2.75) is 85.7 Å². The van der Waals surface area contributed by atoms with Gasteiger partial charge in [0.2, 0.25) is 0 Å².